The van der Waals surface area contributed by atoms with Crippen molar-refractivity contribution in [1.29, 1.82) is 0 Å². The normalized spacial score (nSPS) is 43.9. The molecule has 14 nitrogen and oxygen atoms in total. The molecule has 4 atom stereocenters. The zero-order valence-electron chi connectivity index (χ0n) is 13.8. The molecular formula is C14H12O14. The Kier molecular flexibility index (Phi) is 3.29. The fourth-order valence-corrected chi connectivity index (χ4v) is 3.34. The number of hydrogen-bond acceptors (Lipinski definition) is 14. The Morgan fingerprint density at radius 1 is 0.643 bits per heavy atom. The van der Waals surface area contributed by atoms with E-state index in [1.807, 2.05) is 0 Å². The Morgan fingerprint density at radius 2 is 1.07 bits per heavy atom. The smallest absolute Gasteiger partial charge is 0.388 e. The quantitative estimate of drug-likeness (QED) is 0.221. The molecule has 28 heavy (non-hydrogen) atoms. The average Bonchev–Trinajstić information content (AvgIpc) is 3.32. The maximum absolute atomic E-state index is 12.6. The molecule has 1 aliphatic carbocycles. The summed E-state index contributed by atoms with van der Waals surface area (Å²) in [4.78, 5) is 66.4. The molecule has 0 aromatic carbocycles. The molecule has 5 fully saturated rings. The van der Waals surface area contributed by atoms with Gasteiger partial charge in [-0.3, -0.25) is 19.1 Å². The van der Waals surface area contributed by atoms with Crippen molar-refractivity contribution in [2.45, 2.75) is 55.6 Å². The van der Waals surface area contributed by atoms with Gasteiger partial charge in [-0.1, -0.05) is 19.3 Å². The standard InChI is InChI=1S/C14H12O14/c15-6(21-8(17)11-13(19,23-11)27-25-11)10(4-2-1-3-5-10)7(16)22-9(18)12-14(20,24-12)28-26-12/h19-20H,1-5H2. The van der Waals surface area contributed by atoms with E-state index in [2.05, 4.69) is 38.5 Å². The molecule has 1 saturated carbocycles. The first-order valence-electron chi connectivity index (χ1n) is 8.25. The van der Waals surface area contributed by atoms with Gasteiger partial charge in [-0.15, -0.1) is 0 Å². The lowest BCUT2D eigenvalue weighted by molar-refractivity contribution is -0.503. The number of rotatable bonds is 4. The summed E-state index contributed by atoms with van der Waals surface area (Å²) in [5.74, 6) is -14.7. The third-order valence-corrected chi connectivity index (χ3v) is 5.25. The molecule has 0 aromatic heterocycles. The van der Waals surface area contributed by atoms with E-state index in [4.69, 9.17) is 0 Å². The highest BCUT2D eigenvalue weighted by molar-refractivity contribution is 6.08. The molecule has 0 amide bonds. The second kappa shape index (κ2) is 5.11. The lowest BCUT2D eigenvalue weighted by Gasteiger charge is -2.32. The summed E-state index contributed by atoms with van der Waals surface area (Å²) >= 11 is 0. The summed E-state index contributed by atoms with van der Waals surface area (Å²) in [6.45, 7) is 0. The average molecular weight is 404 g/mol. The number of carbonyl (C=O) groups excluding carboxylic acids is 4. The largest absolute Gasteiger partial charge is 0.389 e. The first-order valence-corrected chi connectivity index (χ1v) is 8.25. The van der Waals surface area contributed by atoms with Crippen LogP contribution < -0.4 is 0 Å². The predicted molar refractivity (Wildman–Crippen MR) is 69.6 cm³/mol. The maximum Gasteiger partial charge on any atom is 0.389 e. The molecule has 5 rings (SSSR count). The zero-order valence-corrected chi connectivity index (χ0v) is 13.8. The van der Waals surface area contributed by atoms with Crippen molar-refractivity contribution in [1.82, 2.24) is 0 Å². The van der Waals surface area contributed by atoms with Gasteiger partial charge in [0.15, 0.2) is 5.41 Å². The van der Waals surface area contributed by atoms with Crippen LogP contribution in [0.4, 0.5) is 0 Å². The third kappa shape index (κ3) is 1.98. The number of hydrogen-bond donors (Lipinski definition) is 2. The van der Waals surface area contributed by atoms with Crippen LogP contribution in [0.2, 0.25) is 0 Å². The van der Waals surface area contributed by atoms with Crippen LogP contribution in [0.15, 0.2) is 0 Å². The maximum atomic E-state index is 12.6. The van der Waals surface area contributed by atoms with Gasteiger partial charge in [0, 0.05) is 0 Å². The van der Waals surface area contributed by atoms with Crippen LogP contribution in [0.1, 0.15) is 32.1 Å². The minimum absolute atomic E-state index is 0.0732. The monoisotopic (exact) mass is 404 g/mol. The summed E-state index contributed by atoms with van der Waals surface area (Å²) in [5, 5.41) is 19.0. The van der Waals surface area contributed by atoms with Gasteiger partial charge in [0.05, 0.1) is 0 Å². The van der Waals surface area contributed by atoms with Crippen molar-refractivity contribution < 1.29 is 67.9 Å². The van der Waals surface area contributed by atoms with E-state index in [1.165, 1.54) is 0 Å². The van der Waals surface area contributed by atoms with E-state index < -0.39 is 52.8 Å². The van der Waals surface area contributed by atoms with Gasteiger partial charge in [-0.25, -0.2) is 9.59 Å². The SMILES string of the molecule is O=C(OC(=O)C12OOC1(O)O2)C1(C(=O)OC(=O)C23OOC2(O)O3)CCCCC1. The first-order chi connectivity index (χ1) is 13.1. The molecule has 0 bridgehead atoms. The van der Waals surface area contributed by atoms with Gasteiger partial charge in [0.2, 0.25) is 0 Å². The van der Waals surface area contributed by atoms with E-state index in [0.29, 0.717) is 19.3 Å². The van der Waals surface area contributed by atoms with Crippen molar-refractivity contribution in [2.75, 3.05) is 0 Å². The number of ether oxygens (including phenoxy) is 4. The van der Waals surface area contributed by atoms with Gasteiger partial charge in [-0.05, 0) is 12.8 Å². The lowest BCUT2D eigenvalue weighted by atomic mass is 9.74. The van der Waals surface area contributed by atoms with Gasteiger partial charge < -0.3 is 19.7 Å². The molecular weight excluding hydrogens is 392 g/mol. The Morgan fingerprint density at radius 3 is 1.36 bits per heavy atom. The summed E-state index contributed by atoms with van der Waals surface area (Å²) in [5.41, 5.74) is -1.98. The number of carbonyl (C=O) groups is 4. The van der Waals surface area contributed by atoms with Crippen LogP contribution in [0, 0.1) is 5.41 Å². The van der Waals surface area contributed by atoms with Crippen LogP contribution in [0.3, 0.4) is 0 Å². The van der Waals surface area contributed by atoms with Crippen molar-refractivity contribution in [2.24, 2.45) is 5.41 Å². The topological polar surface area (TPSA) is 189 Å². The zero-order chi connectivity index (χ0) is 20.0. The molecule has 14 heteroatoms. The summed E-state index contributed by atoms with van der Waals surface area (Å²) < 4.78 is 18.4. The van der Waals surface area contributed by atoms with Crippen LogP contribution in [-0.2, 0) is 57.7 Å². The Bertz CT molecular complexity index is 757. The highest BCUT2D eigenvalue weighted by Gasteiger charge is 2.92. The summed E-state index contributed by atoms with van der Waals surface area (Å²) in [7, 11) is 0. The fraction of sp³-hybridized carbons (Fsp3) is 0.714. The minimum atomic E-state index is -2.34. The number of fused-ring (bicyclic) bond motifs is 2. The van der Waals surface area contributed by atoms with E-state index in [9.17, 15) is 29.4 Å². The molecule has 2 N–H and O–H groups in total. The van der Waals surface area contributed by atoms with Crippen molar-refractivity contribution >= 4 is 23.9 Å². The van der Waals surface area contributed by atoms with Crippen LogP contribution >= 0.6 is 0 Å². The second-order valence-electron chi connectivity index (χ2n) is 6.93. The van der Waals surface area contributed by atoms with Crippen molar-refractivity contribution in [3.05, 3.63) is 0 Å². The molecule has 4 unspecified atom stereocenters. The van der Waals surface area contributed by atoms with E-state index in [1.54, 1.807) is 0 Å². The van der Waals surface area contributed by atoms with E-state index in [0.717, 1.165) is 0 Å². The fourth-order valence-electron chi connectivity index (χ4n) is 3.34. The third-order valence-electron chi connectivity index (χ3n) is 5.25. The molecule has 4 aliphatic heterocycles. The Hall–Kier alpha value is -2.04. The van der Waals surface area contributed by atoms with Crippen molar-refractivity contribution in [3.8, 4) is 0 Å². The molecule has 4 heterocycles. The molecule has 0 radical (unpaired) electrons. The molecule has 0 spiro atoms. The lowest BCUT2D eigenvalue weighted by Crippen LogP contribution is -2.53. The molecule has 4 saturated heterocycles. The number of aliphatic hydroxyl groups is 2. The van der Waals surface area contributed by atoms with Gasteiger partial charge in [-0.2, -0.15) is 19.6 Å². The second-order valence-corrected chi connectivity index (χ2v) is 6.93. The van der Waals surface area contributed by atoms with Crippen LogP contribution in [-0.4, -0.2) is 57.6 Å². The number of epoxide rings is 2. The van der Waals surface area contributed by atoms with Crippen molar-refractivity contribution in [3.63, 3.8) is 0 Å². The molecule has 5 aliphatic rings. The van der Waals surface area contributed by atoms with Crippen LogP contribution in [0.5, 0.6) is 0 Å². The number of esters is 4. The first kappa shape index (κ1) is 18.0. The van der Waals surface area contributed by atoms with E-state index >= 15 is 0 Å². The molecule has 0 aromatic rings. The van der Waals surface area contributed by atoms with Gasteiger partial charge in [0.1, 0.15) is 0 Å². The summed E-state index contributed by atoms with van der Waals surface area (Å²) in [6, 6.07) is 0. The summed E-state index contributed by atoms with van der Waals surface area (Å²) in [6.07, 6.45) is 1.36. The van der Waals surface area contributed by atoms with Crippen LogP contribution in [0.25, 0.3) is 0 Å². The highest BCUT2D eigenvalue weighted by atomic mass is 17.4. The van der Waals surface area contributed by atoms with Gasteiger partial charge >= 0.3 is 47.4 Å². The Labute approximate surface area is 153 Å². The minimum Gasteiger partial charge on any atom is -0.388 e. The Balaban J connectivity index is 1.31. The highest BCUT2D eigenvalue weighted by Crippen LogP contribution is 2.59. The predicted octanol–water partition coefficient (Wildman–Crippen LogP) is -2.25. The molecule has 152 valence electrons. The van der Waals surface area contributed by atoms with Gasteiger partial charge in [0.25, 0.3) is 0 Å². The van der Waals surface area contributed by atoms with E-state index in [-0.39, 0.29) is 12.8 Å².